The molecule has 3 rings (SSSR count). The lowest BCUT2D eigenvalue weighted by molar-refractivity contribution is -0.118. The van der Waals surface area contributed by atoms with E-state index in [9.17, 15) is 14.4 Å². The summed E-state index contributed by atoms with van der Waals surface area (Å²) in [6.07, 6.45) is 0. The van der Waals surface area contributed by atoms with Gasteiger partial charge in [0.05, 0.1) is 12.2 Å². The van der Waals surface area contributed by atoms with E-state index in [2.05, 4.69) is 10.6 Å². The lowest BCUT2D eigenvalue weighted by atomic mass is 10.1. The largest absolute Gasteiger partial charge is 0.482 e. The highest BCUT2D eigenvalue weighted by Gasteiger charge is 2.20. The molecule has 8 heteroatoms. The van der Waals surface area contributed by atoms with E-state index in [1.54, 1.807) is 42.5 Å². The van der Waals surface area contributed by atoms with Crippen molar-refractivity contribution in [2.75, 3.05) is 30.8 Å². The van der Waals surface area contributed by atoms with Crippen LogP contribution in [0.1, 0.15) is 10.4 Å². The zero-order chi connectivity index (χ0) is 18.7. The number of halogens is 1. The minimum Gasteiger partial charge on any atom is -0.482 e. The first-order valence-corrected chi connectivity index (χ1v) is 8.18. The van der Waals surface area contributed by atoms with Crippen LogP contribution in [0.3, 0.4) is 0 Å². The van der Waals surface area contributed by atoms with Crippen LogP contribution in [-0.2, 0) is 9.59 Å². The number of hydrogen-bond acceptors (Lipinski definition) is 4. The summed E-state index contributed by atoms with van der Waals surface area (Å²) in [4.78, 5) is 37.2. The third-order valence-corrected chi connectivity index (χ3v) is 3.93. The Kier molecular flexibility index (Phi) is 5.09. The Morgan fingerprint density at radius 1 is 1.27 bits per heavy atom. The Bertz CT molecular complexity index is 884. The van der Waals surface area contributed by atoms with Gasteiger partial charge in [0.15, 0.2) is 6.61 Å². The number of likely N-dealkylation sites (N-methyl/N-ethyl adjacent to an activating group) is 1. The molecule has 0 atom stereocenters. The Labute approximate surface area is 154 Å². The standard InChI is InChI=1S/C18H16ClN3O4/c1-22(9-16(23)20-13-4-2-3-12(19)8-13)18(25)11-5-6-14-15(7-11)26-10-17(24)21-14/h2-8H,9-10H2,1H3,(H,20,23)(H,21,24). The van der Waals surface area contributed by atoms with Gasteiger partial charge in [-0.2, -0.15) is 0 Å². The highest BCUT2D eigenvalue weighted by Crippen LogP contribution is 2.28. The lowest BCUT2D eigenvalue weighted by Crippen LogP contribution is -2.35. The second kappa shape index (κ2) is 7.45. The van der Waals surface area contributed by atoms with Crippen molar-refractivity contribution in [2.45, 2.75) is 0 Å². The van der Waals surface area contributed by atoms with Gasteiger partial charge in [0.2, 0.25) is 5.91 Å². The van der Waals surface area contributed by atoms with Gasteiger partial charge in [-0.15, -0.1) is 0 Å². The van der Waals surface area contributed by atoms with Crippen LogP contribution in [0.5, 0.6) is 5.75 Å². The fourth-order valence-corrected chi connectivity index (χ4v) is 2.67. The van der Waals surface area contributed by atoms with Gasteiger partial charge in [0.1, 0.15) is 5.75 Å². The Morgan fingerprint density at radius 2 is 2.08 bits per heavy atom. The number of carbonyl (C=O) groups is 3. The number of hydrogen-bond donors (Lipinski definition) is 2. The highest BCUT2D eigenvalue weighted by molar-refractivity contribution is 6.30. The molecule has 3 amide bonds. The van der Waals surface area contributed by atoms with E-state index in [1.165, 1.54) is 11.9 Å². The first-order chi connectivity index (χ1) is 12.4. The summed E-state index contributed by atoms with van der Waals surface area (Å²) in [6, 6.07) is 11.5. The number of carbonyl (C=O) groups excluding carboxylic acids is 3. The van der Waals surface area contributed by atoms with E-state index >= 15 is 0 Å². The fourth-order valence-electron chi connectivity index (χ4n) is 2.48. The molecule has 26 heavy (non-hydrogen) atoms. The molecule has 1 heterocycles. The summed E-state index contributed by atoms with van der Waals surface area (Å²) in [7, 11) is 1.53. The zero-order valence-electron chi connectivity index (χ0n) is 13.9. The molecule has 1 aliphatic heterocycles. The van der Waals surface area contributed by atoms with Crippen molar-refractivity contribution in [3.05, 3.63) is 53.1 Å². The number of benzene rings is 2. The summed E-state index contributed by atoms with van der Waals surface area (Å²) < 4.78 is 5.30. The molecule has 0 bridgehead atoms. The molecule has 0 aromatic heterocycles. The first-order valence-electron chi connectivity index (χ1n) is 7.80. The molecule has 2 N–H and O–H groups in total. The van der Waals surface area contributed by atoms with Crippen molar-refractivity contribution in [2.24, 2.45) is 0 Å². The van der Waals surface area contributed by atoms with Crippen LogP contribution in [0.15, 0.2) is 42.5 Å². The smallest absolute Gasteiger partial charge is 0.262 e. The summed E-state index contributed by atoms with van der Waals surface area (Å²) in [6.45, 7) is -0.220. The Morgan fingerprint density at radius 3 is 2.85 bits per heavy atom. The second-order valence-corrected chi connectivity index (χ2v) is 6.20. The molecule has 0 radical (unpaired) electrons. The van der Waals surface area contributed by atoms with E-state index in [0.29, 0.717) is 27.7 Å². The van der Waals surface area contributed by atoms with Gasteiger partial charge < -0.3 is 20.3 Å². The summed E-state index contributed by atoms with van der Waals surface area (Å²) in [5.41, 5.74) is 1.43. The van der Waals surface area contributed by atoms with Crippen LogP contribution < -0.4 is 15.4 Å². The summed E-state index contributed by atoms with van der Waals surface area (Å²) in [5.74, 6) is -0.502. The average Bonchev–Trinajstić information content (AvgIpc) is 2.60. The molecular formula is C18H16ClN3O4. The van der Waals surface area contributed by atoms with Crippen molar-refractivity contribution in [3.63, 3.8) is 0 Å². The van der Waals surface area contributed by atoms with Gasteiger partial charge in [0, 0.05) is 23.3 Å². The number of ether oxygens (including phenoxy) is 1. The molecular weight excluding hydrogens is 358 g/mol. The van der Waals surface area contributed by atoms with Crippen molar-refractivity contribution in [3.8, 4) is 5.75 Å². The molecule has 0 spiro atoms. The van der Waals surface area contributed by atoms with E-state index in [-0.39, 0.29) is 30.9 Å². The molecule has 0 saturated heterocycles. The predicted molar refractivity (Wildman–Crippen MR) is 97.6 cm³/mol. The van der Waals surface area contributed by atoms with E-state index in [4.69, 9.17) is 16.3 Å². The normalized spacial score (nSPS) is 12.5. The molecule has 2 aromatic rings. The quantitative estimate of drug-likeness (QED) is 0.861. The van der Waals surface area contributed by atoms with E-state index < -0.39 is 0 Å². The molecule has 0 fully saturated rings. The predicted octanol–water partition coefficient (Wildman–Crippen LogP) is 2.38. The second-order valence-electron chi connectivity index (χ2n) is 5.77. The zero-order valence-corrected chi connectivity index (χ0v) is 14.7. The van der Waals surface area contributed by atoms with Gasteiger partial charge >= 0.3 is 0 Å². The van der Waals surface area contributed by atoms with Crippen molar-refractivity contribution in [1.82, 2.24) is 4.90 Å². The van der Waals surface area contributed by atoms with Gasteiger partial charge in [-0.25, -0.2) is 0 Å². The molecule has 1 aliphatic rings. The third-order valence-electron chi connectivity index (χ3n) is 3.70. The number of nitrogens with zero attached hydrogens (tertiary/aromatic N) is 1. The van der Waals surface area contributed by atoms with Crippen LogP contribution >= 0.6 is 11.6 Å². The highest BCUT2D eigenvalue weighted by atomic mass is 35.5. The van der Waals surface area contributed by atoms with Crippen LogP contribution in [0, 0.1) is 0 Å². The molecule has 7 nitrogen and oxygen atoms in total. The molecule has 0 unspecified atom stereocenters. The maximum absolute atomic E-state index is 12.5. The van der Waals surface area contributed by atoms with Gasteiger partial charge in [-0.05, 0) is 36.4 Å². The van der Waals surface area contributed by atoms with E-state index in [0.717, 1.165) is 0 Å². The monoisotopic (exact) mass is 373 g/mol. The maximum atomic E-state index is 12.5. The first kappa shape index (κ1) is 17.8. The minimum atomic E-state index is -0.343. The number of anilines is 2. The minimum absolute atomic E-state index is 0.0947. The number of amides is 3. The molecule has 0 saturated carbocycles. The van der Waals surface area contributed by atoms with Gasteiger partial charge in [-0.3, -0.25) is 14.4 Å². The van der Waals surface area contributed by atoms with Crippen LogP contribution in [0.2, 0.25) is 5.02 Å². The molecule has 134 valence electrons. The number of rotatable bonds is 4. The van der Waals surface area contributed by atoms with Crippen LogP contribution in [-0.4, -0.2) is 42.8 Å². The maximum Gasteiger partial charge on any atom is 0.262 e. The molecule has 0 aliphatic carbocycles. The fraction of sp³-hybridized carbons (Fsp3) is 0.167. The number of nitrogens with one attached hydrogen (secondary N) is 2. The van der Waals surface area contributed by atoms with Crippen molar-refractivity contribution < 1.29 is 19.1 Å². The molecule has 2 aromatic carbocycles. The van der Waals surface area contributed by atoms with Crippen molar-refractivity contribution >= 4 is 40.7 Å². The summed E-state index contributed by atoms with van der Waals surface area (Å²) >= 11 is 5.88. The summed E-state index contributed by atoms with van der Waals surface area (Å²) in [5, 5.41) is 5.85. The Hall–Kier alpha value is -3.06. The average molecular weight is 374 g/mol. The lowest BCUT2D eigenvalue weighted by Gasteiger charge is -2.20. The van der Waals surface area contributed by atoms with E-state index in [1.807, 2.05) is 0 Å². The Balaban J connectivity index is 1.64. The topological polar surface area (TPSA) is 87.7 Å². The number of fused-ring (bicyclic) bond motifs is 1. The van der Waals surface area contributed by atoms with Crippen LogP contribution in [0.4, 0.5) is 11.4 Å². The SMILES string of the molecule is CN(CC(=O)Nc1cccc(Cl)c1)C(=O)c1ccc2c(c1)OCC(=O)N2. The van der Waals surface area contributed by atoms with Gasteiger partial charge in [0.25, 0.3) is 11.8 Å². The third kappa shape index (κ3) is 4.12. The van der Waals surface area contributed by atoms with Crippen molar-refractivity contribution in [1.29, 1.82) is 0 Å². The van der Waals surface area contributed by atoms with Crippen LogP contribution in [0.25, 0.3) is 0 Å². The van der Waals surface area contributed by atoms with Gasteiger partial charge in [-0.1, -0.05) is 17.7 Å².